The fourth-order valence-corrected chi connectivity index (χ4v) is 2.92. The van der Waals surface area contributed by atoms with Gasteiger partial charge in [0, 0.05) is 30.2 Å². The van der Waals surface area contributed by atoms with Crippen LogP contribution in [0, 0.1) is 5.82 Å². The first kappa shape index (κ1) is 17.9. The Kier molecular flexibility index (Phi) is 5.49. The Morgan fingerprint density at radius 2 is 1.81 bits per heavy atom. The molecule has 0 saturated heterocycles. The highest BCUT2D eigenvalue weighted by molar-refractivity contribution is 5.94. The number of hydrogen-bond donors (Lipinski definition) is 1. The van der Waals surface area contributed by atoms with Crippen LogP contribution >= 0.6 is 0 Å². The minimum atomic E-state index is -0.278. The van der Waals surface area contributed by atoms with Crippen molar-refractivity contribution in [2.75, 3.05) is 20.6 Å². The number of hydrogen-bond acceptors (Lipinski definition) is 2. The molecule has 0 fully saturated rings. The minimum Gasteiger partial charge on any atom is -0.350 e. The Labute approximate surface area is 152 Å². The van der Waals surface area contributed by atoms with Crippen molar-refractivity contribution in [2.24, 2.45) is 0 Å². The van der Waals surface area contributed by atoms with E-state index in [1.54, 1.807) is 12.1 Å². The molecule has 0 spiro atoms. The number of carbonyl (C=O) groups is 1. The molecule has 1 atom stereocenters. The van der Waals surface area contributed by atoms with Crippen LogP contribution < -0.4 is 5.32 Å². The molecule has 0 aliphatic carbocycles. The Morgan fingerprint density at radius 3 is 2.50 bits per heavy atom. The fraction of sp³-hybridized carbons (Fsp3) is 0.190. The molecule has 0 aliphatic rings. The van der Waals surface area contributed by atoms with E-state index in [9.17, 15) is 9.18 Å². The standard InChI is InChI=1S/C21H22FN3O/c1-24(2)20(16-7-5-9-18(22)13-16)15-23-21(26)17-8-6-10-19(14-17)25-11-3-4-12-25/h3-14,20H,15H2,1-2H3,(H,23,26). The van der Waals surface area contributed by atoms with Gasteiger partial charge in [0.25, 0.3) is 5.91 Å². The zero-order valence-corrected chi connectivity index (χ0v) is 14.9. The van der Waals surface area contributed by atoms with Gasteiger partial charge in [-0.3, -0.25) is 4.79 Å². The van der Waals surface area contributed by atoms with Gasteiger partial charge in [0.15, 0.2) is 0 Å². The number of nitrogens with zero attached hydrogens (tertiary/aromatic N) is 2. The third-order valence-electron chi connectivity index (χ3n) is 4.32. The maximum absolute atomic E-state index is 13.5. The summed E-state index contributed by atoms with van der Waals surface area (Å²) in [6, 6.07) is 17.7. The second-order valence-corrected chi connectivity index (χ2v) is 6.39. The van der Waals surface area contributed by atoms with Gasteiger partial charge in [0.1, 0.15) is 5.82 Å². The van der Waals surface area contributed by atoms with Crippen LogP contribution in [0.3, 0.4) is 0 Å². The average Bonchev–Trinajstić information content (AvgIpc) is 3.16. The van der Waals surface area contributed by atoms with Crippen molar-refractivity contribution in [2.45, 2.75) is 6.04 Å². The molecule has 1 N–H and O–H groups in total. The molecule has 4 nitrogen and oxygen atoms in total. The Balaban J connectivity index is 1.72. The number of benzene rings is 2. The van der Waals surface area contributed by atoms with Crippen LogP contribution in [0.5, 0.6) is 0 Å². The van der Waals surface area contributed by atoms with Crippen LogP contribution in [0.2, 0.25) is 0 Å². The summed E-state index contributed by atoms with van der Waals surface area (Å²) in [7, 11) is 3.82. The molecule has 0 aliphatic heterocycles. The predicted molar refractivity (Wildman–Crippen MR) is 101 cm³/mol. The van der Waals surface area contributed by atoms with Crippen molar-refractivity contribution in [1.29, 1.82) is 0 Å². The molecule has 3 aromatic rings. The van der Waals surface area contributed by atoms with Crippen LogP contribution in [0.15, 0.2) is 73.1 Å². The summed E-state index contributed by atoms with van der Waals surface area (Å²) in [5.41, 5.74) is 2.35. The smallest absolute Gasteiger partial charge is 0.251 e. The zero-order chi connectivity index (χ0) is 18.5. The van der Waals surface area contributed by atoms with E-state index in [-0.39, 0.29) is 17.8 Å². The lowest BCUT2D eigenvalue weighted by molar-refractivity contribution is 0.0942. The molecule has 134 valence electrons. The third-order valence-corrected chi connectivity index (χ3v) is 4.32. The molecule has 1 unspecified atom stereocenters. The van der Waals surface area contributed by atoms with Gasteiger partial charge in [0.2, 0.25) is 0 Å². The van der Waals surface area contributed by atoms with Crippen LogP contribution in [0.4, 0.5) is 4.39 Å². The van der Waals surface area contributed by atoms with Crippen molar-refractivity contribution < 1.29 is 9.18 Å². The molecule has 0 bridgehead atoms. The first-order chi connectivity index (χ1) is 12.5. The van der Waals surface area contributed by atoms with Crippen LogP contribution in [-0.2, 0) is 0 Å². The van der Waals surface area contributed by atoms with Crippen molar-refractivity contribution in [3.63, 3.8) is 0 Å². The van der Waals surface area contributed by atoms with E-state index in [1.807, 2.05) is 72.4 Å². The quantitative estimate of drug-likeness (QED) is 0.736. The lowest BCUT2D eigenvalue weighted by Gasteiger charge is -2.25. The lowest BCUT2D eigenvalue weighted by atomic mass is 10.1. The molecule has 26 heavy (non-hydrogen) atoms. The van der Waals surface area contributed by atoms with Gasteiger partial charge in [-0.2, -0.15) is 0 Å². The highest BCUT2D eigenvalue weighted by atomic mass is 19.1. The first-order valence-corrected chi connectivity index (χ1v) is 8.48. The van der Waals surface area contributed by atoms with E-state index in [4.69, 9.17) is 0 Å². The molecule has 1 amide bonds. The Hall–Kier alpha value is -2.92. The second kappa shape index (κ2) is 7.97. The number of carbonyl (C=O) groups excluding carboxylic acids is 1. The largest absolute Gasteiger partial charge is 0.350 e. The van der Waals surface area contributed by atoms with E-state index in [2.05, 4.69) is 5.32 Å². The van der Waals surface area contributed by atoms with Gasteiger partial charge < -0.3 is 14.8 Å². The summed E-state index contributed by atoms with van der Waals surface area (Å²) < 4.78 is 15.5. The maximum atomic E-state index is 13.5. The number of halogens is 1. The number of amides is 1. The van der Waals surface area contributed by atoms with Crippen molar-refractivity contribution >= 4 is 5.91 Å². The molecular weight excluding hydrogens is 329 g/mol. The topological polar surface area (TPSA) is 37.3 Å². The summed E-state index contributed by atoms with van der Waals surface area (Å²) in [5, 5.41) is 2.96. The molecular formula is C21H22FN3O. The SMILES string of the molecule is CN(C)C(CNC(=O)c1cccc(-n2cccc2)c1)c1cccc(F)c1. The third kappa shape index (κ3) is 4.18. The van der Waals surface area contributed by atoms with Gasteiger partial charge in [-0.1, -0.05) is 18.2 Å². The van der Waals surface area contributed by atoms with E-state index in [0.717, 1.165) is 11.3 Å². The van der Waals surface area contributed by atoms with Crippen LogP contribution in [-0.4, -0.2) is 36.0 Å². The van der Waals surface area contributed by atoms with Gasteiger partial charge in [-0.15, -0.1) is 0 Å². The van der Waals surface area contributed by atoms with Gasteiger partial charge in [0.05, 0.1) is 6.04 Å². The van der Waals surface area contributed by atoms with E-state index in [1.165, 1.54) is 12.1 Å². The molecule has 2 aromatic carbocycles. The van der Waals surface area contributed by atoms with E-state index >= 15 is 0 Å². The predicted octanol–water partition coefficient (Wildman–Crippen LogP) is 3.65. The Bertz CT molecular complexity index is 874. The van der Waals surface area contributed by atoms with E-state index in [0.29, 0.717) is 12.1 Å². The van der Waals surface area contributed by atoms with Gasteiger partial charge >= 0.3 is 0 Å². The molecule has 0 saturated carbocycles. The summed E-state index contributed by atoms with van der Waals surface area (Å²) in [4.78, 5) is 14.5. The first-order valence-electron chi connectivity index (χ1n) is 8.48. The second-order valence-electron chi connectivity index (χ2n) is 6.39. The van der Waals surface area contributed by atoms with Gasteiger partial charge in [-0.25, -0.2) is 4.39 Å². The molecule has 1 heterocycles. The van der Waals surface area contributed by atoms with Crippen LogP contribution in [0.1, 0.15) is 22.0 Å². The normalized spacial score (nSPS) is 12.2. The fourth-order valence-electron chi connectivity index (χ4n) is 2.92. The highest BCUT2D eigenvalue weighted by Gasteiger charge is 2.16. The molecule has 0 radical (unpaired) electrons. The minimum absolute atomic E-state index is 0.109. The molecule has 5 heteroatoms. The van der Waals surface area contributed by atoms with Crippen LogP contribution in [0.25, 0.3) is 5.69 Å². The number of nitrogens with one attached hydrogen (secondary N) is 1. The Morgan fingerprint density at radius 1 is 1.08 bits per heavy atom. The van der Waals surface area contributed by atoms with Crippen molar-refractivity contribution in [3.05, 3.63) is 90.0 Å². The summed E-state index contributed by atoms with van der Waals surface area (Å²) in [6.45, 7) is 0.392. The van der Waals surface area contributed by atoms with Gasteiger partial charge in [-0.05, 0) is 62.1 Å². The average molecular weight is 351 g/mol. The monoisotopic (exact) mass is 351 g/mol. The summed E-state index contributed by atoms with van der Waals surface area (Å²) in [6.07, 6.45) is 3.87. The van der Waals surface area contributed by atoms with E-state index < -0.39 is 0 Å². The number of rotatable bonds is 6. The highest BCUT2D eigenvalue weighted by Crippen LogP contribution is 2.18. The summed E-state index contributed by atoms with van der Waals surface area (Å²) >= 11 is 0. The maximum Gasteiger partial charge on any atom is 0.251 e. The van der Waals surface area contributed by atoms with Crippen molar-refractivity contribution in [3.8, 4) is 5.69 Å². The summed E-state index contributed by atoms with van der Waals surface area (Å²) in [5.74, 6) is -0.428. The zero-order valence-electron chi connectivity index (χ0n) is 14.9. The molecule has 3 rings (SSSR count). The van der Waals surface area contributed by atoms with Crippen molar-refractivity contribution in [1.82, 2.24) is 14.8 Å². The number of aromatic nitrogens is 1. The number of likely N-dealkylation sites (N-methyl/N-ethyl adjacent to an activating group) is 1. The molecule has 1 aromatic heterocycles. The lowest BCUT2D eigenvalue weighted by Crippen LogP contribution is -2.34.